The Balaban J connectivity index is 1.00. The molecule has 0 aromatic heterocycles. The summed E-state index contributed by atoms with van der Waals surface area (Å²) in [7, 11) is -4.82. The van der Waals surface area contributed by atoms with Crippen LogP contribution in [0.4, 0.5) is 0 Å². The number of phosphoric ester groups is 1. The minimum absolute atomic E-state index is 0.104. The summed E-state index contributed by atoms with van der Waals surface area (Å²) in [4.78, 5) is 45.3. The maximum absolute atomic E-state index is 15.1. The smallest absolute Gasteiger partial charge is 0.481 e. The molecule has 6 unspecified atom stereocenters. The van der Waals surface area contributed by atoms with Gasteiger partial charge in [0.25, 0.3) is 0 Å². The summed E-state index contributed by atoms with van der Waals surface area (Å²) in [6.45, 7) is 9.88. The Hall–Kier alpha value is -6.07. The zero-order valence-electron chi connectivity index (χ0n) is 40.6. The van der Waals surface area contributed by atoms with E-state index in [-0.39, 0.29) is 17.7 Å². The van der Waals surface area contributed by atoms with Gasteiger partial charge in [0.2, 0.25) is 17.7 Å². The number of rotatable bonds is 15. The van der Waals surface area contributed by atoms with E-state index in [0.29, 0.717) is 109 Å². The first kappa shape index (κ1) is 49.9. The summed E-state index contributed by atoms with van der Waals surface area (Å²) in [5.74, 6) is 1.13. The van der Waals surface area contributed by atoms with E-state index in [9.17, 15) is 30.2 Å². The molecule has 19 nitrogen and oxygen atoms in total. The number of fused-ring (bicyclic) bond motifs is 3. The highest BCUT2D eigenvalue weighted by molar-refractivity contribution is 7.48. The topological polar surface area (TPSA) is 232 Å². The number of nitrogens with zero attached hydrogens (tertiary/aromatic N) is 6. The van der Waals surface area contributed by atoms with E-state index in [1.54, 1.807) is 111 Å². The van der Waals surface area contributed by atoms with Gasteiger partial charge in [-0.1, -0.05) is 0 Å². The fourth-order valence-corrected chi connectivity index (χ4v) is 11.6. The van der Waals surface area contributed by atoms with Crippen LogP contribution < -0.4 is 14.2 Å². The number of ether oxygens (including phenoxy) is 6. The molecule has 3 amide bonds. The molecule has 0 saturated carbocycles. The summed E-state index contributed by atoms with van der Waals surface area (Å²) >= 11 is 0. The van der Waals surface area contributed by atoms with Crippen LogP contribution in [0.2, 0.25) is 0 Å². The first-order valence-corrected chi connectivity index (χ1v) is 25.3. The van der Waals surface area contributed by atoms with E-state index in [2.05, 4.69) is 18.2 Å². The van der Waals surface area contributed by atoms with Gasteiger partial charge in [0.1, 0.15) is 52.4 Å². The number of hydrogen-bond donors (Lipinski definition) is 0. The summed E-state index contributed by atoms with van der Waals surface area (Å²) in [5.41, 5.74) is -0.497. The van der Waals surface area contributed by atoms with Crippen LogP contribution in [0.3, 0.4) is 0 Å². The molecule has 6 aliphatic heterocycles. The molecule has 3 fully saturated rings. The number of carbonyl (C=O) groups is 3. The Kier molecular flexibility index (Phi) is 13.7. The van der Waals surface area contributed by atoms with Crippen molar-refractivity contribution in [2.45, 2.75) is 133 Å². The van der Waals surface area contributed by atoms with Gasteiger partial charge in [-0.05, 0) is 115 Å². The Morgan fingerprint density at radius 1 is 0.521 bits per heavy atom. The number of phosphoric acid groups is 1. The molecular formula is C51H57N6O13P. The maximum Gasteiger partial charge on any atom is 0.481 e. The van der Waals surface area contributed by atoms with Crippen LogP contribution in [-0.4, -0.2) is 108 Å². The molecule has 3 aromatic carbocycles. The van der Waals surface area contributed by atoms with Gasteiger partial charge in [-0.2, -0.15) is 15.8 Å². The normalized spacial score (nSPS) is 26.7. The number of hydrogen-bond acceptors (Lipinski definition) is 16. The minimum Gasteiger partial charge on any atom is -0.485 e. The summed E-state index contributed by atoms with van der Waals surface area (Å²) in [6.07, 6.45) is 0.0398. The molecule has 6 heterocycles. The third-order valence-electron chi connectivity index (χ3n) is 14.1. The molecule has 20 heteroatoms. The predicted octanol–water partition coefficient (Wildman–Crippen LogP) is 7.39. The van der Waals surface area contributed by atoms with Gasteiger partial charge in [-0.15, -0.1) is 0 Å². The van der Waals surface area contributed by atoms with Crippen LogP contribution in [0.5, 0.6) is 17.2 Å². The Labute approximate surface area is 412 Å². The van der Waals surface area contributed by atoms with Crippen molar-refractivity contribution in [3.8, 4) is 35.5 Å². The number of likely N-dealkylation sites (tertiary alicyclic amines) is 3. The van der Waals surface area contributed by atoms with Crippen molar-refractivity contribution in [2.24, 2.45) is 0 Å². The molecule has 0 radical (unpaired) electrons. The summed E-state index contributed by atoms with van der Waals surface area (Å²) in [6, 6.07) is 19.3. The van der Waals surface area contributed by atoms with Gasteiger partial charge in [0.15, 0.2) is 20.4 Å². The van der Waals surface area contributed by atoms with E-state index in [1.807, 2.05) is 0 Å². The van der Waals surface area contributed by atoms with Crippen molar-refractivity contribution >= 4 is 25.5 Å². The number of carbonyl (C=O) groups excluding carboxylic acids is 3. The lowest BCUT2D eigenvalue weighted by Crippen LogP contribution is -2.55. The van der Waals surface area contributed by atoms with Gasteiger partial charge in [0, 0.05) is 55.6 Å². The quantitative estimate of drug-likeness (QED) is 0.107. The molecule has 0 N–H and O–H groups in total. The molecule has 71 heavy (non-hydrogen) atoms. The SMILES string of the molecule is CC1(C)Oc2ccc(C#N)cc2C(N2CCCC2=O)C1OCOP(=O)(OCOC1C(N2CCCC2=O)c2cc(C#N)ccc2OC1(C)C)OCOC1C(N2CCCC2=O)c2cc(C#N)ccc2OC1(C)C. The Morgan fingerprint density at radius 3 is 1.04 bits per heavy atom. The van der Waals surface area contributed by atoms with E-state index < -0.39 is 81.4 Å². The molecule has 3 saturated heterocycles. The van der Waals surface area contributed by atoms with Crippen molar-refractivity contribution in [3.05, 3.63) is 88.0 Å². The Bertz CT molecular complexity index is 2490. The monoisotopic (exact) mass is 992 g/mol. The fraction of sp³-hybridized carbons (Fsp3) is 0.529. The molecule has 6 aliphatic rings. The van der Waals surface area contributed by atoms with Crippen molar-refractivity contribution in [1.82, 2.24) is 14.7 Å². The van der Waals surface area contributed by atoms with Crippen molar-refractivity contribution in [1.29, 1.82) is 15.8 Å². The van der Waals surface area contributed by atoms with Crippen LogP contribution in [-0.2, 0) is 46.7 Å². The highest BCUT2D eigenvalue weighted by Crippen LogP contribution is 2.53. The van der Waals surface area contributed by atoms with Crippen molar-refractivity contribution in [3.63, 3.8) is 0 Å². The lowest BCUT2D eigenvalue weighted by atomic mass is 9.85. The van der Waals surface area contributed by atoms with Crippen LogP contribution >= 0.6 is 7.82 Å². The summed E-state index contributed by atoms with van der Waals surface area (Å²) < 4.78 is 71.8. The third-order valence-corrected chi connectivity index (χ3v) is 15.4. The van der Waals surface area contributed by atoms with Crippen molar-refractivity contribution < 1.29 is 60.9 Å². The van der Waals surface area contributed by atoms with Gasteiger partial charge in [0.05, 0.1) is 53.0 Å². The maximum atomic E-state index is 15.1. The number of benzene rings is 3. The van der Waals surface area contributed by atoms with Gasteiger partial charge < -0.3 is 43.1 Å². The zero-order chi connectivity index (χ0) is 50.5. The number of nitriles is 3. The van der Waals surface area contributed by atoms with E-state index in [0.717, 1.165) is 0 Å². The molecule has 3 aromatic rings. The fourth-order valence-electron chi connectivity index (χ4n) is 10.9. The van der Waals surface area contributed by atoms with Gasteiger partial charge >= 0.3 is 7.82 Å². The summed E-state index contributed by atoms with van der Waals surface area (Å²) in [5, 5.41) is 29.5. The first-order valence-electron chi connectivity index (χ1n) is 23.8. The average molecular weight is 993 g/mol. The molecule has 0 spiro atoms. The van der Waals surface area contributed by atoms with E-state index in [1.165, 1.54) is 0 Å². The molecular weight excluding hydrogens is 936 g/mol. The third kappa shape index (κ3) is 9.71. The highest BCUT2D eigenvalue weighted by atomic mass is 31.2. The minimum atomic E-state index is -4.82. The first-order chi connectivity index (χ1) is 33.9. The average Bonchev–Trinajstić information content (AvgIpc) is 4.09. The lowest BCUT2D eigenvalue weighted by molar-refractivity contribution is -0.186. The standard InChI is InChI=1S/C51H57N6O13P/c1-49(2)46(43(55-19-7-10-40(55)58)34-22-31(25-52)13-16-37(34)68-49)62-28-65-71(61,66-29-63-47-44(56-20-8-11-41(56)59)35-23-32(26-53)14-17-38(35)69-50(47,3)4)67-30-64-48-45(57-21-9-12-42(57)60)36-24-33(27-54)15-18-39(36)70-51(48,5)6/h13-18,22-24,43-48H,7-12,19-21,28-30H2,1-6H3. The van der Waals surface area contributed by atoms with E-state index in [4.69, 9.17) is 42.0 Å². The van der Waals surface area contributed by atoms with Gasteiger partial charge in [-0.25, -0.2) is 4.57 Å². The molecule has 0 aliphatic carbocycles. The molecule has 374 valence electrons. The second-order valence-electron chi connectivity index (χ2n) is 20.1. The number of amides is 3. The van der Waals surface area contributed by atoms with Crippen molar-refractivity contribution in [2.75, 3.05) is 40.0 Å². The second kappa shape index (κ2) is 19.5. The van der Waals surface area contributed by atoms with Crippen LogP contribution in [0.1, 0.15) is 132 Å². The van der Waals surface area contributed by atoms with E-state index >= 15 is 4.57 Å². The molecule has 0 bridgehead atoms. The van der Waals surface area contributed by atoms with Crippen LogP contribution in [0, 0.1) is 34.0 Å². The lowest BCUT2D eigenvalue weighted by Gasteiger charge is -2.47. The zero-order valence-corrected chi connectivity index (χ0v) is 41.5. The second-order valence-corrected chi connectivity index (χ2v) is 21.7. The highest BCUT2D eigenvalue weighted by Gasteiger charge is 2.53. The predicted molar refractivity (Wildman–Crippen MR) is 249 cm³/mol. The van der Waals surface area contributed by atoms with Crippen LogP contribution in [0.15, 0.2) is 54.6 Å². The van der Waals surface area contributed by atoms with Crippen LogP contribution in [0.25, 0.3) is 0 Å². The van der Waals surface area contributed by atoms with Gasteiger partial charge in [-0.3, -0.25) is 28.0 Å². The largest absolute Gasteiger partial charge is 0.485 e. The molecule has 6 atom stereocenters. The molecule has 9 rings (SSSR count). The Morgan fingerprint density at radius 2 is 0.803 bits per heavy atom.